The Morgan fingerprint density at radius 2 is 1.89 bits per heavy atom. The van der Waals surface area contributed by atoms with Gasteiger partial charge in [0.1, 0.15) is 11.6 Å². The van der Waals surface area contributed by atoms with E-state index in [-0.39, 0.29) is 21.2 Å². The van der Waals surface area contributed by atoms with Crippen molar-refractivity contribution in [2.24, 2.45) is 0 Å². The first-order valence-corrected chi connectivity index (χ1v) is 10.9. The van der Waals surface area contributed by atoms with E-state index in [1.54, 1.807) is 12.1 Å². The summed E-state index contributed by atoms with van der Waals surface area (Å²) in [6.07, 6.45) is 1.62. The van der Waals surface area contributed by atoms with Gasteiger partial charge in [-0.1, -0.05) is 6.07 Å². The lowest BCUT2D eigenvalue weighted by atomic mass is 10.2. The summed E-state index contributed by atoms with van der Waals surface area (Å²) in [4.78, 5) is 12.8. The summed E-state index contributed by atoms with van der Waals surface area (Å²) in [7, 11) is -3.68. The number of anilines is 1. The maximum atomic E-state index is 13.8. The smallest absolute Gasteiger partial charge is 0.265 e. The predicted octanol–water partition coefficient (Wildman–Crippen LogP) is 3.78. The molecule has 9 heteroatoms. The zero-order valence-electron chi connectivity index (χ0n) is 14.7. The van der Waals surface area contributed by atoms with Crippen LogP contribution in [-0.2, 0) is 10.0 Å². The highest BCUT2D eigenvalue weighted by Crippen LogP contribution is 2.32. The molecule has 6 nitrogen and oxygen atoms in total. The van der Waals surface area contributed by atoms with Crippen LogP contribution in [-0.4, -0.2) is 36.8 Å². The fourth-order valence-electron chi connectivity index (χ4n) is 3.17. The molecule has 1 aliphatic rings. The van der Waals surface area contributed by atoms with E-state index < -0.39 is 21.7 Å². The topological polar surface area (TPSA) is 86.7 Å². The van der Waals surface area contributed by atoms with Crippen molar-refractivity contribution in [2.45, 2.75) is 17.7 Å². The van der Waals surface area contributed by atoms with E-state index in [1.807, 2.05) is 0 Å². The first-order valence-electron chi connectivity index (χ1n) is 8.69. The van der Waals surface area contributed by atoms with Crippen LogP contribution in [0.4, 0.5) is 10.1 Å². The number of amides is 1. The van der Waals surface area contributed by atoms with Gasteiger partial charge < -0.3 is 10.4 Å². The predicted molar refractivity (Wildman–Crippen MR) is 106 cm³/mol. The Hall–Kier alpha value is -2.49. The van der Waals surface area contributed by atoms with Crippen LogP contribution in [0.5, 0.6) is 5.75 Å². The largest absolute Gasteiger partial charge is 0.506 e. The number of rotatable bonds is 4. The highest BCUT2D eigenvalue weighted by Gasteiger charge is 2.28. The molecule has 0 aliphatic carbocycles. The second kappa shape index (κ2) is 7.16. The number of carbonyl (C=O) groups excluding carboxylic acids is 1. The second-order valence-corrected chi connectivity index (χ2v) is 9.53. The van der Waals surface area contributed by atoms with Crippen molar-refractivity contribution in [1.29, 1.82) is 0 Å². The molecule has 3 aromatic rings. The van der Waals surface area contributed by atoms with Crippen LogP contribution in [0.1, 0.15) is 22.5 Å². The van der Waals surface area contributed by atoms with E-state index in [1.165, 1.54) is 34.6 Å². The Morgan fingerprint density at radius 1 is 1.14 bits per heavy atom. The molecule has 1 fully saturated rings. The molecule has 0 unspecified atom stereocenters. The van der Waals surface area contributed by atoms with Crippen LogP contribution in [0.15, 0.2) is 47.4 Å². The molecule has 146 valence electrons. The van der Waals surface area contributed by atoms with Crippen molar-refractivity contribution in [3.8, 4) is 5.75 Å². The molecule has 0 radical (unpaired) electrons. The van der Waals surface area contributed by atoms with Crippen molar-refractivity contribution in [3.63, 3.8) is 0 Å². The highest BCUT2D eigenvalue weighted by molar-refractivity contribution is 7.89. The van der Waals surface area contributed by atoms with E-state index >= 15 is 0 Å². The van der Waals surface area contributed by atoms with Crippen LogP contribution in [0.3, 0.4) is 0 Å². The molecule has 0 saturated carbocycles. The lowest BCUT2D eigenvalue weighted by Crippen LogP contribution is -2.27. The number of nitrogens with zero attached hydrogens (tertiary/aromatic N) is 1. The van der Waals surface area contributed by atoms with E-state index in [0.717, 1.165) is 24.2 Å². The van der Waals surface area contributed by atoms with Gasteiger partial charge in [-0.15, -0.1) is 11.3 Å². The Balaban J connectivity index is 1.63. The van der Waals surface area contributed by atoms with Crippen molar-refractivity contribution < 1.29 is 22.7 Å². The minimum atomic E-state index is -3.68. The van der Waals surface area contributed by atoms with Crippen LogP contribution in [0.2, 0.25) is 0 Å². The fourth-order valence-corrected chi connectivity index (χ4v) is 5.69. The molecular weight excluding hydrogens is 403 g/mol. The Kier molecular flexibility index (Phi) is 4.82. The summed E-state index contributed by atoms with van der Waals surface area (Å²) in [5, 5.41) is 12.9. The molecule has 2 aromatic carbocycles. The number of benzene rings is 2. The van der Waals surface area contributed by atoms with Crippen molar-refractivity contribution >= 4 is 43.0 Å². The van der Waals surface area contributed by atoms with Crippen LogP contribution in [0, 0.1) is 5.82 Å². The van der Waals surface area contributed by atoms with E-state index in [2.05, 4.69) is 5.32 Å². The molecule has 1 saturated heterocycles. The SMILES string of the molecule is O=C(Nc1cc(S(=O)(=O)N2CCCC2)ccc1O)c1cc2c(F)cccc2s1. The molecular formula is C19H17FN2O4S2. The number of thiophene rings is 1. The monoisotopic (exact) mass is 420 g/mol. The van der Waals surface area contributed by atoms with E-state index in [0.29, 0.717) is 23.2 Å². The molecule has 2 heterocycles. The summed E-state index contributed by atoms with van der Waals surface area (Å²) < 4.78 is 41.3. The molecule has 28 heavy (non-hydrogen) atoms. The standard InChI is InChI=1S/C19H17FN2O4S2/c20-14-4-3-5-17-13(14)11-18(27-17)19(24)21-15-10-12(6-7-16(15)23)28(25,26)22-8-1-2-9-22/h3-7,10-11,23H,1-2,8-9H2,(H,21,24). The average molecular weight is 420 g/mol. The fraction of sp³-hybridized carbons (Fsp3) is 0.211. The molecule has 4 rings (SSSR count). The van der Waals surface area contributed by atoms with Gasteiger partial charge in [0.25, 0.3) is 5.91 Å². The Morgan fingerprint density at radius 3 is 2.61 bits per heavy atom. The molecule has 1 amide bonds. The van der Waals surface area contributed by atoms with Crippen molar-refractivity contribution in [3.05, 3.63) is 53.2 Å². The van der Waals surface area contributed by atoms with Crippen LogP contribution >= 0.6 is 11.3 Å². The summed E-state index contributed by atoms with van der Waals surface area (Å²) in [6.45, 7) is 0.913. The third-order valence-electron chi connectivity index (χ3n) is 4.65. The summed E-state index contributed by atoms with van der Waals surface area (Å²) >= 11 is 1.11. The van der Waals surface area contributed by atoms with Gasteiger partial charge in [-0.25, -0.2) is 12.8 Å². The normalized spacial score (nSPS) is 15.2. The quantitative estimate of drug-likeness (QED) is 0.629. The molecule has 1 aliphatic heterocycles. The summed E-state index contributed by atoms with van der Waals surface area (Å²) in [6, 6.07) is 9.82. The maximum Gasteiger partial charge on any atom is 0.265 e. The molecule has 0 spiro atoms. The van der Waals surface area contributed by atoms with Gasteiger partial charge in [0.05, 0.1) is 15.5 Å². The third-order valence-corrected chi connectivity index (χ3v) is 7.64. The Bertz CT molecular complexity index is 1170. The van der Waals surface area contributed by atoms with E-state index in [4.69, 9.17) is 0 Å². The Labute approximate surface area is 165 Å². The van der Waals surface area contributed by atoms with Gasteiger partial charge in [-0.05, 0) is 49.2 Å². The van der Waals surface area contributed by atoms with Gasteiger partial charge in [0.15, 0.2) is 0 Å². The zero-order chi connectivity index (χ0) is 19.9. The zero-order valence-corrected chi connectivity index (χ0v) is 16.3. The number of hydrogen-bond donors (Lipinski definition) is 2. The van der Waals surface area contributed by atoms with Gasteiger partial charge in [0, 0.05) is 23.2 Å². The van der Waals surface area contributed by atoms with Crippen LogP contribution < -0.4 is 5.32 Å². The number of hydrogen-bond acceptors (Lipinski definition) is 5. The first-order chi connectivity index (χ1) is 13.4. The summed E-state index contributed by atoms with van der Waals surface area (Å²) in [5.74, 6) is -1.22. The molecule has 1 aromatic heterocycles. The lowest BCUT2D eigenvalue weighted by molar-refractivity contribution is 0.103. The van der Waals surface area contributed by atoms with E-state index in [9.17, 15) is 22.7 Å². The van der Waals surface area contributed by atoms with Gasteiger partial charge in [-0.2, -0.15) is 4.31 Å². The minimum Gasteiger partial charge on any atom is -0.506 e. The number of fused-ring (bicyclic) bond motifs is 1. The highest BCUT2D eigenvalue weighted by atomic mass is 32.2. The van der Waals surface area contributed by atoms with Crippen molar-refractivity contribution in [2.75, 3.05) is 18.4 Å². The van der Waals surface area contributed by atoms with Gasteiger partial charge in [-0.3, -0.25) is 4.79 Å². The number of nitrogens with one attached hydrogen (secondary N) is 1. The number of phenols is 1. The van der Waals surface area contributed by atoms with Crippen LogP contribution in [0.25, 0.3) is 10.1 Å². The number of aromatic hydroxyl groups is 1. The average Bonchev–Trinajstić information content (AvgIpc) is 3.34. The summed E-state index contributed by atoms with van der Waals surface area (Å²) in [5.41, 5.74) is -0.0109. The first kappa shape index (κ1) is 18.9. The second-order valence-electron chi connectivity index (χ2n) is 6.51. The number of carbonyl (C=O) groups is 1. The number of halogens is 1. The van der Waals surface area contributed by atoms with Gasteiger partial charge in [0.2, 0.25) is 10.0 Å². The third kappa shape index (κ3) is 3.36. The number of sulfonamides is 1. The molecule has 0 atom stereocenters. The van der Waals surface area contributed by atoms with Crippen molar-refractivity contribution in [1.82, 2.24) is 4.31 Å². The molecule has 2 N–H and O–H groups in total. The van der Waals surface area contributed by atoms with Gasteiger partial charge >= 0.3 is 0 Å². The maximum absolute atomic E-state index is 13.8. The lowest BCUT2D eigenvalue weighted by Gasteiger charge is -2.16. The minimum absolute atomic E-state index is 0.00452. The molecule has 0 bridgehead atoms. The number of phenolic OH excluding ortho intramolecular Hbond substituents is 1.